The SMILES string of the molecule is CNC1CCN(c2cc(C)ccc2OC)C(C)C1C. The van der Waals surface area contributed by atoms with Crippen molar-refractivity contribution in [2.45, 2.75) is 39.3 Å². The van der Waals surface area contributed by atoms with Gasteiger partial charge in [-0.2, -0.15) is 0 Å². The Balaban J connectivity index is 2.29. The van der Waals surface area contributed by atoms with Crippen LogP contribution in [0.5, 0.6) is 5.75 Å². The van der Waals surface area contributed by atoms with E-state index in [2.05, 4.69) is 56.2 Å². The predicted octanol–water partition coefficient (Wildman–Crippen LogP) is 2.83. The number of piperidine rings is 1. The number of rotatable bonds is 3. The minimum absolute atomic E-state index is 0.516. The van der Waals surface area contributed by atoms with Crippen molar-refractivity contribution in [3.8, 4) is 5.75 Å². The minimum atomic E-state index is 0.516. The van der Waals surface area contributed by atoms with Crippen LogP contribution in [-0.2, 0) is 0 Å². The summed E-state index contributed by atoms with van der Waals surface area (Å²) in [7, 11) is 3.82. The Kier molecular flexibility index (Phi) is 4.35. The molecule has 0 aromatic heterocycles. The number of methoxy groups -OCH3 is 1. The van der Waals surface area contributed by atoms with Crippen LogP contribution in [0.15, 0.2) is 18.2 Å². The number of anilines is 1. The molecule has 19 heavy (non-hydrogen) atoms. The Morgan fingerprint density at radius 2 is 2.05 bits per heavy atom. The van der Waals surface area contributed by atoms with E-state index in [1.165, 1.54) is 17.7 Å². The highest BCUT2D eigenvalue weighted by Gasteiger charge is 2.32. The molecule has 1 saturated heterocycles. The molecule has 3 nitrogen and oxygen atoms in total. The highest BCUT2D eigenvalue weighted by Crippen LogP contribution is 2.35. The normalized spacial score (nSPS) is 27.4. The van der Waals surface area contributed by atoms with Crippen LogP contribution in [-0.4, -0.2) is 32.8 Å². The molecule has 3 atom stereocenters. The maximum absolute atomic E-state index is 5.53. The van der Waals surface area contributed by atoms with Gasteiger partial charge in [0.2, 0.25) is 0 Å². The Morgan fingerprint density at radius 3 is 2.68 bits per heavy atom. The first kappa shape index (κ1) is 14.2. The standard InChI is InChI=1S/C16H26N2O/c1-11-6-7-16(19-5)15(10-11)18-9-8-14(17-4)12(2)13(18)3/h6-7,10,12-14,17H,8-9H2,1-5H3. The number of hydrogen-bond donors (Lipinski definition) is 1. The van der Waals surface area contributed by atoms with Gasteiger partial charge in [0, 0.05) is 18.6 Å². The van der Waals surface area contributed by atoms with Crippen molar-refractivity contribution in [1.82, 2.24) is 5.32 Å². The van der Waals surface area contributed by atoms with E-state index in [1.54, 1.807) is 7.11 Å². The molecule has 0 bridgehead atoms. The van der Waals surface area contributed by atoms with Gasteiger partial charge in [-0.25, -0.2) is 0 Å². The first-order chi connectivity index (χ1) is 9.08. The molecule has 1 aliphatic rings. The lowest BCUT2D eigenvalue weighted by atomic mass is 9.86. The van der Waals surface area contributed by atoms with Crippen LogP contribution in [0.2, 0.25) is 0 Å². The van der Waals surface area contributed by atoms with Gasteiger partial charge in [0.25, 0.3) is 0 Å². The Bertz CT molecular complexity index is 433. The molecule has 1 aromatic rings. The van der Waals surface area contributed by atoms with E-state index in [0.29, 0.717) is 18.0 Å². The summed E-state index contributed by atoms with van der Waals surface area (Å²) < 4.78 is 5.53. The third-order valence-electron chi connectivity index (χ3n) is 4.58. The van der Waals surface area contributed by atoms with Crippen LogP contribution in [0, 0.1) is 12.8 Å². The van der Waals surface area contributed by atoms with Crippen LogP contribution in [0.4, 0.5) is 5.69 Å². The number of nitrogens with zero attached hydrogens (tertiary/aromatic N) is 1. The lowest BCUT2D eigenvalue weighted by Crippen LogP contribution is -2.52. The van der Waals surface area contributed by atoms with Gasteiger partial charge in [-0.15, -0.1) is 0 Å². The Labute approximate surface area is 116 Å². The first-order valence-electron chi connectivity index (χ1n) is 7.17. The zero-order chi connectivity index (χ0) is 14.0. The number of benzene rings is 1. The van der Waals surface area contributed by atoms with Crippen LogP contribution in [0.1, 0.15) is 25.8 Å². The molecule has 3 heteroatoms. The van der Waals surface area contributed by atoms with Crippen molar-refractivity contribution >= 4 is 5.69 Å². The van der Waals surface area contributed by atoms with Gasteiger partial charge < -0.3 is 15.0 Å². The second-order valence-electron chi connectivity index (χ2n) is 5.65. The molecule has 0 saturated carbocycles. The van der Waals surface area contributed by atoms with Crippen LogP contribution < -0.4 is 15.0 Å². The van der Waals surface area contributed by atoms with E-state index in [4.69, 9.17) is 4.74 Å². The van der Waals surface area contributed by atoms with Crippen LogP contribution >= 0.6 is 0 Å². The van der Waals surface area contributed by atoms with E-state index in [-0.39, 0.29) is 0 Å². The van der Waals surface area contributed by atoms with E-state index in [0.717, 1.165) is 12.3 Å². The zero-order valence-corrected chi connectivity index (χ0v) is 12.7. The second-order valence-corrected chi connectivity index (χ2v) is 5.65. The molecule has 0 aliphatic carbocycles. The number of aryl methyl sites for hydroxylation is 1. The summed E-state index contributed by atoms with van der Waals surface area (Å²) >= 11 is 0. The fourth-order valence-corrected chi connectivity index (χ4v) is 3.14. The van der Waals surface area contributed by atoms with Crippen molar-refractivity contribution in [2.75, 3.05) is 25.6 Å². The third-order valence-corrected chi connectivity index (χ3v) is 4.58. The highest BCUT2D eigenvalue weighted by molar-refractivity contribution is 5.61. The van der Waals surface area contributed by atoms with Gasteiger partial charge >= 0.3 is 0 Å². The van der Waals surface area contributed by atoms with Crippen molar-refractivity contribution in [1.29, 1.82) is 0 Å². The highest BCUT2D eigenvalue weighted by atomic mass is 16.5. The Hall–Kier alpha value is -1.22. The van der Waals surface area contributed by atoms with Crippen molar-refractivity contribution < 1.29 is 4.74 Å². The maximum atomic E-state index is 5.53. The lowest BCUT2D eigenvalue weighted by molar-refractivity contribution is 0.280. The molecule has 3 unspecified atom stereocenters. The molecule has 1 aliphatic heterocycles. The van der Waals surface area contributed by atoms with Gasteiger partial charge in [0.05, 0.1) is 12.8 Å². The number of hydrogen-bond acceptors (Lipinski definition) is 3. The molecular formula is C16H26N2O. The predicted molar refractivity (Wildman–Crippen MR) is 81.2 cm³/mol. The summed E-state index contributed by atoms with van der Waals surface area (Å²) in [5.74, 6) is 1.61. The monoisotopic (exact) mass is 262 g/mol. The largest absolute Gasteiger partial charge is 0.495 e. The summed E-state index contributed by atoms with van der Waals surface area (Å²) in [5.41, 5.74) is 2.52. The minimum Gasteiger partial charge on any atom is -0.495 e. The number of nitrogens with one attached hydrogen (secondary N) is 1. The summed E-state index contributed by atoms with van der Waals surface area (Å²) in [6.07, 6.45) is 1.18. The van der Waals surface area contributed by atoms with Crippen LogP contribution in [0.3, 0.4) is 0 Å². The molecule has 1 heterocycles. The molecule has 0 radical (unpaired) electrons. The lowest BCUT2D eigenvalue weighted by Gasteiger charge is -2.44. The fraction of sp³-hybridized carbons (Fsp3) is 0.625. The van der Waals surface area contributed by atoms with Gasteiger partial charge in [-0.05, 0) is 50.9 Å². The smallest absolute Gasteiger partial charge is 0.142 e. The van der Waals surface area contributed by atoms with Crippen molar-refractivity contribution in [3.05, 3.63) is 23.8 Å². The van der Waals surface area contributed by atoms with Gasteiger partial charge in [-0.1, -0.05) is 13.0 Å². The summed E-state index contributed by atoms with van der Waals surface area (Å²) in [6.45, 7) is 7.87. The second kappa shape index (κ2) is 5.83. The molecule has 0 amide bonds. The van der Waals surface area contributed by atoms with Crippen molar-refractivity contribution in [3.63, 3.8) is 0 Å². The quantitative estimate of drug-likeness (QED) is 0.906. The average molecular weight is 262 g/mol. The molecule has 1 aromatic carbocycles. The Morgan fingerprint density at radius 1 is 1.32 bits per heavy atom. The van der Waals surface area contributed by atoms with Crippen molar-refractivity contribution in [2.24, 2.45) is 5.92 Å². The zero-order valence-electron chi connectivity index (χ0n) is 12.7. The fourth-order valence-electron chi connectivity index (χ4n) is 3.14. The molecule has 106 valence electrons. The van der Waals surface area contributed by atoms with Gasteiger partial charge in [-0.3, -0.25) is 0 Å². The number of ether oxygens (including phenoxy) is 1. The summed E-state index contributed by atoms with van der Waals surface area (Å²) in [4.78, 5) is 2.49. The van der Waals surface area contributed by atoms with E-state index in [1.807, 2.05) is 0 Å². The summed E-state index contributed by atoms with van der Waals surface area (Å²) in [5, 5.41) is 3.44. The topological polar surface area (TPSA) is 24.5 Å². The van der Waals surface area contributed by atoms with Gasteiger partial charge in [0.15, 0.2) is 0 Å². The third kappa shape index (κ3) is 2.71. The maximum Gasteiger partial charge on any atom is 0.142 e. The first-order valence-corrected chi connectivity index (χ1v) is 7.17. The van der Waals surface area contributed by atoms with E-state index < -0.39 is 0 Å². The molecule has 1 fully saturated rings. The van der Waals surface area contributed by atoms with E-state index >= 15 is 0 Å². The van der Waals surface area contributed by atoms with Gasteiger partial charge in [0.1, 0.15) is 5.75 Å². The average Bonchev–Trinajstić information content (AvgIpc) is 2.42. The van der Waals surface area contributed by atoms with Crippen LogP contribution in [0.25, 0.3) is 0 Å². The molecule has 2 rings (SSSR count). The molecular weight excluding hydrogens is 236 g/mol. The molecule has 1 N–H and O–H groups in total. The molecule has 0 spiro atoms. The van der Waals surface area contributed by atoms with E-state index in [9.17, 15) is 0 Å². The summed E-state index contributed by atoms with van der Waals surface area (Å²) in [6, 6.07) is 7.55.